The lowest BCUT2D eigenvalue weighted by Gasteiger charge is -2.32. The predicted octanol–water partition coefficient (Wildman–Crippen LogP) is 6.07. The normalized spacial score (nSPS) is 18.6. The third-order valence-electron chi connectivity index (χ3n) is 8.26. The van der Waals surface area contributed by atoms with Crippen molar-refractivity contribution in [2.75, 3.05) is 0 Å². The van der Waals surface area contributed by atoms with Gasteiger partial charge in [0.05, 0.1) is 10.0 Å². The van der Waals surface area contributed by atoms with Crippen LogP contribution in [0.1, 0.15) is 97.6 Å². The van der Waals surface area contributed by atoms with E-state index in [1.165, 1.54) is 0 Å². The number of alkyl carbamates (subject to hydrolysis) is 2. The van der Waals surface area contributed by atoms with Crippen molar-refractivity contribution in [3.05, 3.63) is 68.0 Å². The maximum Gasteiger partial charge on any atom is 0.413 e. The number of amides is 3. The van der Waals surface area contributed by atoms with Crippen molar-refractivity contribution in [1.82, 2.24) is 21.3 Å². The van der Waals surface area contributed by atoms with Gasteiger partial charge in [-0.25, -0.2) is 9.59 Å². The summed E-state index contributed by atoms with van der Waals surface area (Å²) in [7, 11) is 0. The first kappa shape index (κ1) is 38.2. The maximum atomic E-state index is 14.2. The van der Waals surface area contributed by atoms with Gasteiger partial charge in [0, 0.05) is 24.2 Å². The van der Waals surface area contributed by atoms with Gasteiger partial charge in [0.1, 0.15) is 23.1 Å². The highest BCUT2D eigenvalue weighted by Gasteiger charge is 2.30. The number of hydrogen-bond donors (Lipinski definition) is 5. The van der Waals surface area contributed by atoms with Gasteiger partial charge in [-0.15, -0.1) is 0 Å². The van der Waals surface area contributed by atoms with Crippen LogP contribution < -0.4 is 31.7 Å². The Morgan fingerprint density at radius 1 is 0.898 bits per heavy atom. The van der Waals surface area contributed by atoms with Crippen LogP contribution in [0, 0.1) is 5.41 Å². The Labute approximate surface area is 298 Å². The molecule has 0 radical (unpaired) electrons. The fourth-order valence-corrected chi connectivity index (χ4v) is 6.44. The van der Waals surface area contributed by atoms with Gasteiger partial charge in [0.15, 0.2) is 0 Å². The van der Waals surface area contributed by atoms with Crippen molar-refractivity contribution in [2.24, 2.45) is 0 Å². The summed E-state index contributed by atoms with van der Waals surface area (Å²) in [5.41, 5.74) is 0.971. The van der Waals surface area contributed by atoms with Crippen molar-refractivity contribution in [2.45, 2.75) is 122 Å². The minimum Gasteiger partial charge on any atom is -0.444 e. The molecule has 2 aromatic rings. The molecule has 2 aromatic carbocycles. The summed E-state index contributed by atoms with van der Waals surface area (Å²) >= 11 is 12.8. The molecule has 5 N–H and O–H groups in total. The quantitative estimate of drug-likeness (QED) is 0.166. The first-order valence-electron chi connectivity index (χ1n) is 16.9. The van der Waals surface area contributed by atoms with Gasteiger partial charge in [-0.1, -0.05) is 53.5 Å². The van der Waals surface area contributed by atoms with Gasteiger partial charge >= 0.3 is 12.2 Å². The number of nitrogens with one attached hydrogen (secondary N) is 5. The molecule has 2 aliphatic rings. The largest absolute Gasteiger partial charge is 0.444 e. The van der Waals surface area contributed by atoms with E-state index in [4.69, 9.17) is 38.1 Å². The lowest BCUT2D eigenvalue weighted by molar-refractivity contribution is -0.122. The predicted molar refractivity (Wildman–Crippen MR) is 194 cm³/mol. The van der Waals surface area contributed by atoms with Crippen LogP contribution in [0.25, 0.3) is 11.6 Å². The first-order chi connectivity index (χ1) is 23.0. The summed E-state index contributed by atoms with van der Waals surface area (Å²) in [5.74, 6) is -0.219. The molecule has 1 unspecified atom stereocenters. The molecule has 1 fully saturated rings. The molecule has 1 atom stereocenters. The highest BCUT2D eigenvalue weighted by Crippen LogP contribution is 2.26. The van der Waals surface area contributed by atoms with Crippen LogP contribution in [0.5, 0.6) is 0 Å². The molecule has 1 saturated carbocycles. The summed E-state index contributed by atoms with van der Waals surface area (Å²) in [6.45, 7) is 11.1. The number of carbonyl (C=O) groups is 3. The van der Waals surface area contributed by atoms with E-state index in [2.05, 4.69) is 27.3 Å². The van der Waals surface area contributed by atoms with Crippen molar-refractivity contribution in [3.63, 3.8) is 0 Å². The van der Waals surface area contributed by atoms with Gasteiger partial charge in [-0.2, -0.15) is 0 Å². The van der Waals surface area contributed by atoms with E-state index in [0.29, 0.717) is 28.6 Å². The number of hydrogen-bond acceptors (Lipinski definition) is 7. The molecule has 0 spiro atoms. The average Bonchev–Trinajstić information content (AvgIpc) is 3.20. The minimum atomic E-state index is -0.695. The van der Waals surface area contributed by atoms with Crippen molar-refractivity contribution < 1.29 is 23.9 Å². The molecule has 0 heterocycles. The van der Waals surface area contributed by atoms with E-state index in [1.807, 2.05) is 45.0 Å². The van der Waals surface area contributed by atoms with Gasteiger partial charge in [-0.3, -0.25) is 20.8 Å². The SMILES string of the molecule is CC(C)(C)OC(=O)NC(=N)c1ccc2c(c1)=CCCCC=2C(NCc1cccc(Cl)c1Cl)C(=O)NC1CCC(NC(=O)OC(C)(C)C)CC1. The number of benzene rings is 2. The van der Waals surface area contributed by atoms with Crippen LogP contribution in [-0.2, 0) is 20.8 Å². The zero-order chi connectivity index (χ0) is 35.9. The number of halogens is 2. The molecule has 0 bridgehead atoms. The average molecular weight is 715 g/mol. The molecular formula is C37H49Cl2N5O5. The summed E-state index contributed by atoms with van der Waals surface area (Å²) in [6, 6.07) is 10.2. The molecular weight excluding hydrogens is 665 g/mol. The standard InChI is InChI=1S/C37H49Cl2N5O5/c1-36(2,3)48-34(46)43-26-17-15-25(16-18-26)42-33(45)31(41-21-24-11-9-13-29(38)30(24)39)28-12-8-7-10-22-20-23(14-19-27(22)28)32(40)44-35(47)49-37(4,5)6/h9-11,13-14,19-20,25-26,31,41H,7-8,12,15-18,21H2,1-6H3,(H,42,45)(H,43,46)(H2,40,44,47). The van der Waals surface area contributed by atoms with Crippen LogP contribution in [0.15, 0.2) is 36.4 Å². The third-order valence-corrected chi connectivity index (χ3v) is 9.12. The van der Waals surface area contributed by atoms with Crippen molar-refractivity contribution in [1.29, 1.82) is 5.41 Å². The Morgan fingerprint density at radius 2 is 1.53 bits per heavy atom. The molecule has 266 valence electrons. The Hall–Kier alpha value is -3.60. The van der Waals surface area contributed by atoms with E-state index >= 15 is 0 Å². The third kappa shape index (κ3) is 11.5. The molecule has 3 amide bonds. The zero-order valence-electron chi connectivity index (χ0n) is 29.2. The molecule has 49 heavy (non-hydrogen) atoms. The molecule has 10 nitrogen and oxygen atoms in total. The fourth-order valence-electron chi connectivity index (χ4n) is 6.05. The molecule has 4 rings (SSSR count). The second-order valence-electron chi connectivity index (χ2n) is 14.7. The van der Waals surface area contributed by atoms with E-state index < -0.39 is 29.4 Å². The van der Waals surface area contributed by atoms with E-state index in [9.17, 15) is 14.4 Å². The Bertz CT molecular complexity index is 1670. The molecule has 12 heteroatoms. The number of rotatable bonds is 8. The Morgan fingerprint density at radius 3 is 2.18 bits per heavy atom. The smallest absolute Gasteiger partial charge is 0.413 e. The van der Waals surface area contributed by atoms with Crippen LogP contribution in [0.4, 0.5) is 9.59 Å². The summed E-state index contributed by atoms with van der Waals surface area (Å²) < 4.78 is 10.7. The van der Waals surface area contributed by atoms with Crippen molar-refractivity contribution >= 4 is 58.8 Å². The minimum absolute atomic E-state index is 0.0155. The highest BCUT2D eigenvalue weighted by molar-refractivity contribution is 6.42. The van der Waals surface area contributed by atoms with Gasteiger partial charge in [-0.05, 0) is 120 Å². The van der Waals surface area contributed by atoms with Gasteiger partial charge in [0.2, 0.25) is 5.91 Å². The monoisotopic (exact) mass is 713 g/mol. The zero-order valence-corrected chi connectivity index (χ0v) is 30.7. The van der Waals surface area contributed by atoms with Crippen LogP contribution in [0.2, 0.25) is 10.0 Å². The number of carbonyl (C=O) groups excluding carboxylic acids is 3. The van der Waals surface area contributed by atoms with E-state index in [0.717, 1.165) is 60.1 Å². The van der Waals surface area contributed by atoms with E-state index in [-0.39, 0.29) is 23.8 Å². The second-order valence-corrected chi connectivity index (χ2v) is 15.4. The number of amidine groups is 1. The number of fused-ring (bicyclic) bond motifs is 1. The first-order valence-corrected chi connectivity index (χ1v) is 17.6. The lowest BCUT2D eigenvalue weighted by atomic mass is 9.90. The van der Waals surface area contributed by atoms with Crippen LogP contribution in [-0.4, -0.2) is 53.3 Å². The topological polar surface area (TPSA) is 142 Å². The molecule has 0 aromatic heterocycles. The molecule has 0 saturated heterocycles. The Kier molecular flexibility index (Phi) is 12.8. The number of ether oxygens (including phenoxy) is 2. The molecule has 0 aliphatic heterocycles. The lowest BCUT2D eigenvalue weighted by Crippen LogP contribution is -2.52. The van der Waals surface area contributed by atoms with Gasteiger partial charge in [0.25, 0.3) is 0 Å². The maximum absolute atomic E-state index is 14.2. The van der Waals surface area contributed by atoms with Crippen LogP contribution in [0.3, 0.4) is 0 Å². The van der Waals surface area contributed by atoms with Gasteiger partial charge < -0.3 is 20.1 Å². The van der Waals surface area contributed by atoms with Crippen molar-refractivity contribution in [3.8, 4) is 0 Å². The van der Waals surface area contributed by atoms with E-state index in [1.54, 1.807) is 32.9 Å². The second kappa shape index (κ2) is 16.4. The summed E-state index contributed by atoms with van der Waals surface area (Å²) in [6.07, 6.45) is 6.16. The summed E-state index contributed by atoms with van der Waals surface area (Å²) in [5, 5.41) is 23.4. The highest BCUT2D eigenvalue weighted by atomic mass is 35.5. The fraction of sp³-hybridized carbons (Fsp3) is 0.514. The summed E-state index contributed by atoms with van der Waals surface area (Å²) in [4.78, 5) is 38.8. The van der Waals surface area contributed by atoms with Crippen LogP contribution >= 0.6 is 23.2 Å². The molecule has 2 aliphatic carbocycles. The Balaban J connectivity index is 1.57.